The number of nitrogens with one attached hydrogen (secondary N) is 3. The van der Waals surface area contributed by atoms with Crippen molar-refractivity contribution in [1.29, 1.82) is 0 Å². The van der Waals surface area contributed by atoms with Crippen LogP contribution in [0.5, 0.6) is 0 Å². The quantitative estimate of drug-likeness (QED) is 0.198. The Hall–Kier alpha value is -3.71. The highest BCUT2D eigenvalue weighted by molar-refractivity contribution is 14.1. The van der Waals surface area contributed by atoms with Crippen LogP contribution in [0.2, 0.25) is 0 Å². The van der Waals surface area contributed by atoms with Gasteiger partial charge < -0.3 is 26.4 Å². The van der Waals surface area contributed by atoms with E-state index in [1.165, 1.54) is 10.8 Å². The van der Waals surface area contributed by atoms with E-state index in [-0.39, 0.29) is 17.8 Å². The van der Waals surface area contributed by atoms with Crippen LogP contribution in [0.25, 0.3) is 16.6 Å². The van der Waals surface area contributed by atoms with Crippen molar-refractivity contribution in [1.82, 2.24) is 19.9 Å². The molecule has 0 unspecified atom stereocenters. The second kappa shape index (κ2) is 10.5. The van der Waals surface area contributed by atoms with Gasteiger partial charge in [-0.05, 0) is 58.5 Å². The van der Waals surface area contributed by atoms with Gasteiger partial charge in [0, 0.05) is 40.4 Å². The largest absolute Gasteiger partial charge is 0.383 e. The summed E-state index contributed by atoms with van der Waals surface area (Å²) < 4.78 is 7.56. The van der Waals surface area contributed by atoms with Gasteiger partial charge in [-0.25, -0.2) is 14.3 Å². The zero-order valence-electron chi connectivity index (χ0n) is 18.2. The fourth-order valence-corrected chi connectivity index (χ4v) is 3.98. The van der Waals surface area contributed by atoms with E-state index in [1.807, 2.05) is 24.3 Å². The van der Waals surface area contributed by atoms with E-state index < -0.39 is 0 Å². The topological polar surface area (TPSA) is 136 Å². The summed E-state index contributed by atoms with van der Waals surface area (Å²) in [6.07, 6.45) is 2.95. The third kappa shape index (κ3) is 5.26. The Morgan fingerprint density at radius 3 is 2.62 bits per heavy atom. The highest BCUT2D eigenvalue weighted by atomic mass is 127. The summed E-state index contributed by atoms with van der Waals surface area (Å²) in [6.45, 7) is 0.752. The van der Waals surface area contributed by atoms with E-state index in [2.05, 4.69) is 48.6 Å². The molecule has 0 fully saturated rings. The standard InChI is InChI=1S/C23H22IN7O3/c1-34-10-9-26-22(32)18-12-31-20(21(25)27-13-28-31)19(18)14-5-7-16(8-6-14)29-23(33)30-17-4-2-3-15(24)11-17/h2-8,11-13H,9-10H2,1H3,(H,26,32)(H2,25,27,28)(H2,29,30,33). The van der Waals surface area contributed by atoms with Crippen LogP contribution in [-0.2, 0) is 4.74 Å². The number of nitrogen functional groups attached to an aromatic ring is 1. The molecule has 0 saturated carbocycles. The van der Waals surface area contributed by atoms with Crippen LogP contribution >= 0.6 is 22.6 Å². The zero-order chi connectivity index (χ0) is 24.1. The number of halogens is 1. The molecule has 34 heavy (non-hydrogen) atoms. The van der Waals surface area contributed by atoms with Crippen molar-refractivity contribution in [3.63, 3.8) is 0 Å². The van der Waals surface area contributed by atoms with Gasteiger partial charge in [-0.15, -0.1) is 0 Å². The van der Waals surface area contributed by atoms with E-state index in [0.29, 0.717) is 41.2 Å². The summed E-state index contributed by atoms with van der Waals surface area (Å²) in [5.41, 5.74) is 9.66. The average molecular weight is 571 g/mol. The van der Waals surface area contributed by atoms with Gasteiger partial charge in [0.25, 0.3) is 5.91 Å². The molecule has 4 rings (SSSR count). The number of fused-ring (bicyclic) bond motifs is 1. The molecule has 10 nitrogen and oxygen atoms in total. The van der Waals surface area contributed by atoms with Gasteiger partial charge in [0.1, 0.15) is 11.8 Å². The predicted octanol–water partition coefficient (Wildman–Crippen LogP) is 3.60. The van der Waals surface area contributed by atoms with Gasteiger partial charge in [-0.2, -0.15) is 5.10 Å². The highest BCUT2D eigenvalue weighted by Gasteiger charge is 2.21. The predicted molar refractivity (Wildman–Crippen MR) is 139 cm³/mol. The molecule has 0 bridgehead atoms. The minimum Gasteiger partial charge on any atom is -0.383 e. The van der Waals surface area contributed by atoms with Crippen LogP contribution in [0.4, 0.5) is 22.0 Å². The number of anilines is 3. The number of hydrogen-bond donors (Lipinski definition) is 4. The highest BCUT2D eigenvalue weighted by Crippen LogP contribution is 2.33. The molecule has 0 aliphatic heterocycles. The number of methoxy groups -OCH3 is 1. The van der Waals surface area contributed by atoms with Crippen molar-refractivity contribution in [3.05, 3.63) is 70.2 Å². The number of carbonyl (C=O) groups is 2. The van der Waals surface area contributed by atoms with Gasteiger partial charge in [0.2, 0.25) is 0 Å². The number of ether oxygens (including phenoxy) is 1. The smallest absolute Gasteiger partial charge is 0.323 e. The maximum atomic E-state index is 12.9. The first-order chi connectivity index (χ1) is 16.5. The Labute approximate surface area is 209 Å². The lowest BCUT2D eigenvalue weighted by Gasteiger charge is -2.10. The van der Waals surface area contributed by atoms with Gasteiger partial charge in [0.05, 0.1) is 12.2 Å². The lowest BCUT2D eigenvalue weighted by Crippen LogP contribution is -2.27. The molecular weight excluding hydrogens is 549 g/mol. The second-order valence-electron chi connectivity index (χ2n) is 7.27. The van der Waals surface area contributed by atoms with Crippen molar-refractivity contribution < 1.29 is 14.3 Å². The Bertz CT molecular complexity index is 1340. The van der Waals surface area contributed by atoms with Crippen molar-refractivity contribution in [3.8, 4) is 11.1 Å². The Morgan fingerprint density at radius 1 is 1.12 bits per heavy atom. The molecule has 2 heterocycles. The number of hydrogen-bond acceptors (Lipinski definition) is 6. The minimum absolute atomic E-state index is 0.250. The Kier molecular flexibility index (Phi) is 7.23. The first-order valence-electron chi connectivity index (χ1n) is 10.3. The third-order valence-corrected chi connectivity index (χ3v) is 5.62. The number of benzene rings is 2. The van der Waals surface area contributed by atoms with Crippen LogP contribution in [0.15, 0.2) is 61.1 Å². The molecule has 0 atom stereocenters. The van der Waals surface area contributed by atoms with Crippen molar-refractivity contribution in [2.45, 2.75) is 0 Å². The lowest BCUT2D eigenvalue weighted by atomic mass is 10.0. The fourth-order valence-electron chi connectivity index (χ4n) is 3.44. The monoisotopic (exact) mass is 571 g/mol. The van der Waals surface area contributed by atoms with Crippen LogP contribution < -0.4 is 21.7 Å². The molecule has 0 spiro atoms. The molecule has 2 aromatic heterocycles. The number of carbonyl (C=O) groups excluding carboxylic acids is 2. The van der Waals surface area contributed by atoms with Crippen molar-refractivity contribution in [2.24, 2.45) is 0 Å². The Morgan fingerprint density at radius 2 is 1.88 bits per heavy atom. The van der Waals surface area contributed by atoms with Crippen LogP contribution in [0.3, 0.4) is 0 Å². The molecule has 5 N–H and O–H groups in total. The molecule has 0 aliphatic rings. The van der Waals surface area contributed by atoms with Crippen LogP contribution in [-0.4, -0.2) is 46.8 Å². The number of nitrogens with zero attached hydrogens (tertiary/aromatic N) is 3. The average Bonchev–Trinajstić information content (AvgIpc) is 3.21. The lowest BCUT2D eigenvalue weighted by molar-refractivity contribution is 0.0937. The summed E-state index contributed by atoms with van der Waals surface area (Å²) in [6, 6.07) is 14.2. The number of amides is 3. The number of rotatable bonds is 7. The summed E-state index contributed by atoms with van der Waals surface area (Å²) in [4.78, 5) is 29.3. The van der Waals surface area contributed by atoms with E-state index in [1.54, 1.807) is 37.6 Å². The molecule has 0 aliphatic carbocycles. The van der Waals surface area contributed by atoms with Gasteiger partial charge in [-0.3, -0.25) is 4.79 Å². The van der Waals surface area contributed by atoms with E-state index in [4.69, 9.17) is 10.5 Å². The second-order valence-corrected chi connectivity index (χ2v) is 8.52. The van der Waals surface area contributed by atoms with Gasteiger partial charge in [0.15, 0.2) is 5.82 Å². The van der Waals surface area contributed by atoms with Crippen molar-refractivity contribution >= 4 is 57.2 Å². The molecule has 174 valence electrons. The molecule has 4 aromatic rings. The molecule has 0 saturated heterocycles. The number of nitrogens with two attached hydrogens (primary N) is 1. The molecule has 0 radical (unpaired) electrons. The maximum Gasteiger partial charge on any atom is 0.323 e. The SMILES string of the molecule is COCCNC(=O)c1cn2ncnc(N)c2c1-c1ccc(NC(=O)Nc2cccc(I)c2)cc1. The normalized spacial score (nSPS) is 10.8. The van der Waals surface area contributed by atoms with Crippen molar-refractivity contribution in [2.75, 3.05) is 36.6 Å². The first-order valence-corrected chi connectivity index (χ1v) is 11.4. The van der Waals surface area contributed by atoms with E-state index in [9.17, 15) is 9.59 Å². The van der Waals surface area contributed by atoms with Crippen LogP contribution in [0.1, 0.15) is 10.4 Å². The van der Waals surface area contributed by atoms with E-state index in [0.717, 1.165) is 9.13 Å². The molecule has 11 heteroatoms. The minimum atomic E-state index is -0.361. The summed E-state index contributed by atoms with van der Waals surface area (Å²) >= 11 is 2.18. The van der Waals surface area contributed by atoms with Gasteiger partial charge in [-0.1, -0.05) is 18.2 Å². The number of aromatic nitrogens is 3. The summed E-state index contributed by atoms with van der Waals surface area (Å²) in [7, 11) is 1.57. The summed E-state index contributed by atoms with van der Waals surface area (Å²) in [5, 5.41) is 12.6. The van der Waals surface area contributed by atoms with Crippen LogP contribution in [0, 0.1) is 3.57 Å². The third-order valence-electron chi connectivity index (χ3n) is 4.95. The summed E-state index contributed by atoms with van der Waals surface area (Å²) in [5.74, 6) is -0.0314. The number of urea groups is 1. The molecule has 3 amide bonds. The maximum absolute atomic E-state index is 12.9. The first kappa shape index (κ1) is 23.4. The zero-order valence-corrected chi connectivity index (χ0v) is 20.4. The Balaban J connectivity index is 1.59. The molecule has 2 aromatic carbocycles. The van der Waals surface area contributed by atoms with Gasteiger partial charge >= 0.3 is 6.03 Å². The molecular formula is C23H22IN7O3. The fraction of sp³-hybridized carbons (Fsp3) is 0.130. The van der Waals surface area contributed by atoms with E-state index >= 15 is 0 Å².